The highest BCUT2D eigenvalue weighted by atomic mass is 35.5. The minimum absolute atomic E-state index is 0.0750. The number of rotatable bonds is 2. The van der Waals surface area contributed by atoms with Crippen LogP contribution in [-0.4, -0.2) is 85.7 Å². The highest BCUT2D eigenvalue weighted by Gasteiger charge is 2.31. The zero-order chi connectivity index (χ0) is 28.1. The summed E-state index contributed by atoms with van der Waals surface area (Å²) in [6, 6.07) is 7.26. The summed E-state index contributed by atoms with van der Waals surface area (Å²) in [5.41, 5.74) is 1.14. The van der Waals surface area contributed by atoms with Crippen molar-refractivity contribution in [2.24, 2.45) is 7.05 Å². The molecule has 11 nitrogen and oxygen atoms in total. The van der Waals surface area contributed by atoms with Crippen LogP contribution in [0.5, 0.6) is 5.75 Å². The molecule has 1 N–H and O–H groups in total. The van der Waals surface area contributed by atoms with Crippen LogP contribution in [0.15, 0.2) is 42.9 Å². The van der Waals surface area contributed by atoms with Gasteiger partial charge in [0.1, 0.15) is 17.6 Å². The molecule has 212 valence electrons. The summed E-state index contributed by atoms with van der Waals surface area (Å²) in [7, 11) is 1.73. The van der Waals surface area contributed by atoms with Crippen molar-refractivity contribution in [3.8, 4) is 17.1 Å². The Morgan fingerprint density at radius 1 is 1.07 bits per heavy atom. The largest absolute Gasteiger partial charge is 0.494 e. The lowest BCUT2D eigenvalue weighted by atomic mass is 10.1. The van der Waals surface area contributed by atoms with Crippen LogP contribution in [0.3, 0.4) is 0 Å². The first-order valence-corrected chi connectivity index (χ1v) is 14.1. The van der Waals surface area contributed by atoms with E-state index in [0.717, 1.165) is 17.1 Å². The number of carbonyl (C=O) groups is 3. The molecule has 3 amide bonds. The maximum Gasteiger partial charge on any atom is 0.275 e. The Bertz CT molecular complexity index is 1370. The number of aryl methyl sites for hydroxylation is 1. The number of nitrogens with zero attached hydrogens (tertiary/aromatic N) is 6. The van der Waals surface area contributed by atoms with E-state index >= 15 is 0 Å². The van der Waals surface area contributed by atoms with Crippen molar-refractivity contribution in [3.05, 3.63) is 53.6 Å². The average Bonchev–Trinajstić information content (AvgIpc) is 3.68. The molecule has 1 aromatic carbocycles. The number of benzene rings is 1. The number of amides is 3. The third-order valence-electron chi connectivity index (χ3n) is 7.24. The van der Waals surface area contributed by atoms with Gasteiger partial charge in [0.05, 0.1) is 11.6 Å². The lowest BCUT2D eigenvalue weighted by molar-refractivity contribution is -0.134. The van der Waals surface area contributed by atoms with Gasteiger partial charge in [0, 0.05) is 70.3 Å². The number of hydrogen-bond acceptors (Lipinski definition) is 6. The van der Waals surface area contributed by atoms with E-state index in [1.165, 1.54) is 4.68 Å². The molecule has 1 atom stereocenters. The number of aromatic nitrogens is 4. The second-order valence-corrected chi connectivity index (χ2v) is 10.6. The van der Waals surface area contributed by atoms with Crippen molar-refractivity contribution < 1.29 is 19.1 Å². The number of carbonyl (C=O) groups excluding carboxylic acids is 3. The minimum atomic E-state index is -0.498. The van der Waals surface area contributed by atoms with Crippen molar-refractivity contribution in [2.75, 3.05) is 32.8 Å². The van der Waals surface area contributed by atoms with Gasteiger partial charge in [-0.1, -0.05) is 23.7 Å². The van der Waals surface area contributed by atoms with E-state index in [9.17, 15) is 14.4 Å². The Morgan fingerprint density at radius 3 is 2.62 bits per heavy atom. The standard InChI is InChI=1S/C28H34ClN7O4/c1-33-19-22(29)25(32-33)28(39)35-11-2-3-12-36(27(38)23-8-9-24(37)31-23)16-15-34-14-10-30-26(34)20-6-4-7-21(18-20)40-17-5-13-35/h4,6-7,10,14,18-19,23H,2-3,5,8-9,11-13,15-17H2,1H3,(H,31,37)/t23-/m1/s1. The zero-order valence-corrected chi connectivity index (χ0v) is 23.3. The molecule has 4 heterocycles. The average molecular weight is 568 g/mol. The summed E-state index contributed by atoms with van der Waals surface area (Å²) in [6.07, 6.45) is 8.15. The molecule has 40 heavy (non-hydrogen) atoms. The molecule has 1 fully saturated rings. The second kappa shape index (κ2) is 12.5. The fourth-order valence-electron chi connectivity index (χ4n) is 5.18. The molecule has 0 spiro atoms. The van der Waals surface area contributed by atoms with Crippen molar-refractivity contribution >= 4 is 29.3 Å². The minimum Gasteiger partial charge on any atom is -0.494 e. The number of nitrogens with one attached hydrogen (secondary N) is 1. The summed E-state index contributed by atoms with van der Waals surface area (Å²) >= 11 is 6.28. The summed E-state index contributed by atoms with van der Waals surface area (Å²) in [4.78, 5) is 46.7. The number of fused-ring (bicyclic) bond motifs is 4. The Labute approximate surface area is 238 Å². The van der Waals surface area contributed by atoms with E-state index in [-0.39, 0.29) is 23.4 Å². The van der Waals surface area contributed by atoms with Gasteiger partial charge in [0.25, 0.3) is 5.91 Å². The first-order chi connectivity index (χ1) is 19.4. The first-order valence-electron chi connectivity index (χ1n) is 13.7. The molecule has 0 saturated carbocycles. The Hall–Kier alpha value is -3.86. The molecule has 1 saturated heterocycles. The maximum absolute atomic E-state index is 13.4. The van der Waals surface area contributed by atoms with Gasteiger partial charge in [-0.2, -0.15) is 5.10 Å². The molecule has 2 aliphatic rings. The summed E-state index contributed by atoms with van der Waals surface area (Å²) in [6.45, 7) is 2.95. The van der Waals surface area contributed by atoms with E-state index in [1.54, 1.807) is 24.3 Å². The molecule has 2 aromatic heterocycles. The number of ether oxygens (including phenoxy) is 1. The summed E-state index contributed by atoms with van der Waals surface area (Å²) in [5.74, 6) is 1.12. The second-order valence-electron chi connectivity index (χ2n) is 10.2. The van der Waals surface area contributed by atoms with E-state index in [0.29, 0.717) is 76.5 Å². The van der Waals surface area contributed by atoms with Crippen molar-refractivity contribution in [1.82, 2.24) is 34.4 Å². The number of imidazole rings is 1. The van der Waals surface area contributed by atoms with Crippen molar-refractivity contribution in [3.63, 3.8) is 0 Å². The number of hydrogen-bond donors (Lipinski definition) is 1. The van der Waals surface area contributed by atoms with Crippen LogP contribution in [0, 0.1) is 0 Å². The Balaban J connectivity index is 1.37. The van der Waals surface area contributed by atoms with Gasteiger partial charge in [-0.05, 0) is 37.8 Å². The lowest BCUT2D eigenvalue weighted by Gasteiger charge is -2.27. The van der Waals surface area contributed by atoms with Gasteiger partial charge >= 0.3 is 0 Å². The predicted octanol–water partition coefficient (Wildman–Crippen LogP) is 2.75. The van der Waals surface area contributed by atoms with Crippen LogP contribution < -0.4 is 10.1 Å². The molecule has 2 aliphatic heterocycles. The molecule has 0 aliphatic carbocycles. The van der Waals surface area contributed by atoms with Crippen LogP contribution in [0.4, 0.5) is 0 Å². The molecular formula is C28H34ClN7O4. The SMILES string of the molecule is Cn1cc(Cl)c(C(=O)N2CCCCN(C(=O)[C@H]3CCC(=O)N3)CCn3ccnc3-c3cccc(c3)OCCC2)n1. The fourth-order valence-corrected chi connectivity index (χ4v) is 5.44. The van der Waals surface area contributed by atoms with Crippen LogP contribution in [0.2, 0.25) is 5.02 Å². The molecule has 2 bridgehead atoms. The van der Waals surface area contributed by atoms with Gasteiger partial charge in [-0.3, -0.25) is 19.1 Å². The van der Waals surface area contributed by atoms with Gasteiger partial charge in [0.2, 0.25) is 11.8 Å². The molecular weight excluding hydrogens is 534 g/mol. The van der Waals surface area contributed by atoms with Gasteiger partial charge in [-0.15, -0.1) is 0 Å². The Morgan fingerprint density at radius 2 is 1.88 bits per heavy atom. The summed E-state index contributed by atoms with van der Waals surface area (Å²) < 4.78 is 9.59. The quantitative estimate of drug-likeness (QED) is 0.509. The first kappa shape index (κ1) is 27.7. The van der Waals surface area contributed by atoms with Crippen molar-refractivity contribution in [2.45, 2.75) is 44.7 Å². The third kappa shape index (κ3) is 6.47. The molecule has 0 radical (unpaired) electrons. The van der Waals surface area contributed by atoms with Crippen molar-refractivity contribution in [1.29, 1.82) is 0 Å². The van der Waals surface area contributed by atoms with Gasteiger partial charge in [0.15, 0.2) is 5.69 Å². The van der Waals surface area contributed by atoms with Gasteiger partial charge < -0.3 is 24.4 Å². The van der Waals surface area contributed by atoms with E-state index < -0.39 is 6.04 Å². The number of halogens is 1. The van der Waals surface area contributed by atoms with Crippen LogP contribution >= 0.6 is 11.6 Å². The molecule has 3 aromatic rings. The lowest BCUT2D eigenvalue weighted by Crippen LogP contribution is -2.46. The molecule has 5 rings (SSSR count). The highest BCUT2D eigenvalue weighted by Crippen LogP contribution is 2.24. The third-order valence-corrected chi connectivity index (χ3v) is 7.52. The maximum atomic E-state index is 13.4. The monoisotopic (exact) mass is 567 g/mol. The smallest absolute Gasteiger partial charge is 0.275 e. The van der Waals surface area contributed by atoms with E-state index in [1.807, 2.05) is 39.9 Å². The zero-order valence-electron chi connectivity index (χ0n) is 22.6. The van der Waals surface area contributed by atoms with Crippen LogP contribution in [0.1, 0.15) is 42.6 Å². The molecule has 12 heteroatoms. The van der Waals surface area contributed by atoms with E-state index in [4.69, 9.17) is 16.3 Å². The molecule has 0 unspecified atom stereocenters. The summed E-state index contributed by atoms with van der Waals surface area (Å²) in [5, 5.41) is 7.38. The van der Waals surface area contributed by atoms with E-state index in [2.05, 4.69) is 15.4 Å². The normalized spacial score (nSPS) is 18.9. The highest BCUT2D eigenvalue weighted by molar-refractivity contribution is 6.33. The van der Waals surface area contributed by atoms with Gasteiger partial charge in [-0.25, -0.2) is 4.98 Å². The topological polar surface area (TPSA) is 115 Å². The predicted molar refractivity (Wildman–Crippen MR) is 149 cm³/mol. The van der Waals surface area contributed by atoms with Crippen LogP contribution in [-0.2, 0) is 23.2 Å². The Kier molecular flexibility index (Phi) is 8.69. The van der Waals surface area contributed by atoms with Crippen LogP contribution in [0.25, 0.3) is 11.4 Å². The fraction of sp³-hybridized carbons (Fsp3) is 0.464.